The van der Waals surface area contributed by atoms with E-state index in [0.29, 0.717) is 24.3 Å². The van der Waals surface area contributed by atoms with Gasteiger partial charge in [0.1, 0.15) is 6.54 Å². The van der Waals surface area contributed by atoms with Crippen molar-refractivity contribution in [2.24, 2.45) is 16.8 Å². The number of guanidine groups is 1. The highest BCUT2D eigenvalue weighted by Crippen LogP contribution is 2.44. The zero-order chi connectivity index (χ0) is 16.7. The largest absolute Gasteiger partial charge is 0.373 e. The molecule has 0 spiro atoms. The van der Waals surface area contributed by atoms with E-state index in [1.165, 1.54) is 32.1 Å². The summed E-state index contributed by atoms with van der Waals surface area (Å²) in [5, 5.41) is 7.21. The Labute approximate surface area is 144 Å². The monoisotopic (exact) mass is 334 g/mol. The van der Waals surface area contributed by atoms with E-state index >= 15 is 0 Å². The van der Waals surface area contributed by atoms with Gasteiger partial charge in [0, 0.05) is 20.1 Å². The Morgan fingerprint density at radius 2 is 1.92 bits per heavy atom. The maximum absolute atomic E-state index is 11.9. The number of carbonyl (C=O) groups is 1. The van der Waals surface area contributed by atoms with Crippen LogP contribution in [-0.4, -0.2) is 61.7 Å². The fraction of sp³-hybridized carbons (Fsp3) is 0.889. The molecule has 2 heterocycles. The van der Waals surface area contributed by atoms with Gasteiger partial charge in [0.25, 0.3) is 0 Å². The molecule has 0 radical (unpaired) electrons. The Bertz CT molecular complexity index is 489. The molecule has 0 aromatic heterocycles. The Kier molecular flexibility index (Phi) is 4.41. The number of ether oxygens (including phenoxy) is 1. The van der Waals surface area contributed by atoms with Gasteiger partial charge in [-0.05, 0) is 50.4 Å². The summed E-state index contributed by atoms with van der Waals surface area (Å²) in [6, 6.07) is 0.854. The van der Waals surface area contributed by atoms with Crippen LogP contribution in [0.15, 0.2) is 4.99 Å². The lowest BCUT2D eigenvalue weighted by Crippen LogP contribution is -2.51. The van der Waals surface area contributed by atoms with Crippen molar-refractivity contribution in [3.05, 3.63) is 0 Å². The van der Waals surface area contributed by atoms with Crippen LogP contribution in [0.3, 0.4) is 0 Å². The highest BCUT2D eigenvalue weighted by atomic mass is 16.5. The minimum Gasteiger partial charge on any atom is -0.373 e. The number of likely N-dealkylation sites (N-methyl/N-ethyl adjacent to an activating group) is 1. The van der Waals surface area contributed by atoms with Crippen molar-refractivity contribution in [3.63, 3.8) is 0 Å². The molecule has 2 aliphatic carbocycles. The molecule has 4 rings (SSSR count). The Balaban J connectivity index is 1.40. The van der Waals surface area contributed by atoms with Crippen molar-refractivity contribution in [2.75, 3.05) is 20.6 Å². The molecular formula is C18H30N4O2. The highest BCUT2D eigenvalue weighted by Gasteiger charge is 2.43. The second-order valence-electron chi connectivity index (χ2n) is 8.24. The number of aliphatic imine (C=N–C) groups is 1. The number of carbonyl (C=O) groups excluding carboxylic acids is 1. The maximum Gasteiger partial charge on any atom is 0.243 e. The quantitative estimate of drug-likeness (QED) is 0.597. The van der Waals surface area contributed by atoms with Gasteiger partial charge >= 0.3 is 0 Å². The molecule has 2 saturated heterocycles. The van der Waals surface area contributed by atoms with Crippen LogP contribution < -0.4 is 10.6 Å². The normalized spacial score (nSPS) is 40.2. The molecule has 24 heavy (non-hydrogen) atoms. The molecule has 6 heteroatoms. The van der Waals surface area contributed by atoms with Crippen LogP contribution in [-0.2, 0) is 9.53 Å². The standard InChI is InChI=1S/C18H30N4O2/c1-22(2)17(23)10-19-18(20-14-8-11-3-4-12(14)7-11)21-15-9-13-5-6-16(15)24-13/h11-16H,3-10H2,1-2H3,(H2,19,20,21). The second kappa shape index (κ2) is 6.54. The first-order chi connectivity index (χ1) is 11.6. The molecule has 0 aromatic rings. The summed E-state index contributed by atoms with van der Waals surface area (Å²) in [5.74, 6) is 2.52. The smallest absolute Gasteiger partial charge is 0.243 e. The summed E-state index contributed by atoms with van der Waals surface area (Å²) in [5.41, 5.74) is 0. The average molecular weight is 334 g/mol. The topological polar surface area (TPSA) is 66.0 Å². The van der Waals surface area contributed by atoms with Crippen molar-refractivity contribution in [1.29, 1.82) is 0 Å². The van der Waals surface area contributed by atoms with Crippen molar-refractivity contribution in [3.8, 4) is 0 Å². The van der Waals surface area contributed by atoms with E-state index in [9.17, 15) is 4.79 Å². The highest BCUT2D eigenvalue weighted by molar-refractivity contribution is 5.85. The zero-order valence-electron chi connectivity index (χ0n) is 14.8. The summed E-state index contributed by atoms with van der Waals surface area (Å²) in [7, 11) is 3.55. The lowest BCUT2D eigenvalue weighted by Gasteiger charge is -2.28. The first-order valence-corrected chi connectivity index (χ1v) is 9.51. The molecule has 6 atom stereocenters. The molecule has 4 aliphatic rings. The Hall–Kier alpha value is -1.30. The molecule has 4 bridgehead atoms. The van der Waals surface area contributed by atoms with Crippen molar-refractivity contribution in [1.82, 2.24) is 15.5 Å². The van der Waals surface area contributed by atoms with E-state index < -0.39 is 0 Å². The van der Waals surface area contributed by atoms with Gasteiger partial charge in [-0.15, -0.1) is 0 Å². The molecule has 2 aliphatic heterocycles. The van der Waals surface area contributed by atoms with Crippen LogP contribution in [0.1, 0.15) is 44.9 Å². The maximum atomic E-state index is 11.9. The minimum absolute atomic E-state index is 0.0354. The molecule has 2 N–H and O–H groups in total. The fourth-order valence-electron chi connectivity index (χ4n) is 4.98. The van der Waals surface area contributed by atoms with Crippen LogP contribution in [0.2, 0.25) is 0 Å². The predicted molar refractivity (Wildman–Crippen MR) is 92.8 cm³/mol. The van der Waals surface area contributed by atoms with Gasteiger partial charge in [-0.1, -0.05) is 6.42 Å². The van der Waals surface area contributed by atoms with Gasteiger partial charge in [-0.2, -0.15) is 0 Å². The predicted octanol–water partition coefficient (Wildman–Crippen LogP) is 1.12. The van der Waals surface area contributed by atoms with Crippen LogP contribution in [0.25, 0.3) is 0 Å². The fourth-order valence-corrected chi connectivity index (χ4v) is 4.98. The van der Waals surface area contributed by atoms with Crippen molar-refractivity contribution >= 4 is 11.9 Å². The van der Waals surface area contributed by atoms with Crippen LogP contribution >= 0.6 is 0 Å². The van der Waals surface area contributed by atoms with Gasteiger partial charge in [0.15, 0.2) is 5.96 Å². The number of fused-ring (bicyclic) bond motifs is 4. The van der Waals surface area contributed by atoms with Gasteiger partial charge in [0.05, 0.1) is 18.2 Å². The number of hydrogen-bond donors (Lipinski definition) is 2. The molecule has 6 unspecified atom stereocenters. The first kappa shape index (κ1) is 16.2. The summed E-state index contributed by atoms with van der Waals surface area (Å²) >= 11 is 0. The van der Waals surface area contributed by atoms with E-state index in [2.05, 4.69) is 15.6 Å². The lowest BCUT2D eigenvalue weighted by atomic mass is 9.95. The van der Waals surface area contributed by atoms with Gasteiger partial charge < -0.3 is 20.3 Å². The summed E-state index contributed by atoms with van der Waals surface area (Å²) in [4.78, 5) is 18.1. The Morgan fingerprint density at radius 1 is 1.08 bits per heavy atom. The van der Waals surface area contributed by atoms with Gasteiger partial charge in [-0.3, -0.25) is 4.79 Å². The number of amides is 1. The molecule has 0 aromatic carbocycles. The van der Waals surface area contributed by atoms with Crippen molar-refractivity contribution in [2.45, 2.75) is 69.2 Å². The first-order valence-electron chi connectivity index (χ1n) is 9.51. The average Bonchev–Trinajstić information content (AvgIpc) is 3.32. The second-order valence-corrected chi connectivity index (χ2v) is 8.24. The summed E-state index contributed by atoms with van der Waals surface area (Å²) in [6.45, 7) is 0.199. The minimum atomic E-state index is 0.0354. The summed E-state index contributed by atoms with van der Waals surface area (Å²) in [6.07, 6.45) is 9.45. The third-order valence-corrected chi connectivity index (χ3v) is 6.36. The molecular weight excluding hydrogens is 304 g/mol. The van der Waals surface area contributed by atoms with Crippen LogP contribution in [0, 0.1) is 11.8 Å². The van der Waals surface area contributed by atoms with Crippen LogP contribution in [0.4, 0.5) is 0 Å². The third-order valence-electron chi connectivity index (χ3n) is 6.36. The lowest BCUT2D eigenvalue weighted by molar-refractivity contribution is -0.127. The van der Waals surface area contributed by atoms with Crippen LogP contribution in [0.5, 0.6) is 0 Å². The molecule has 134 valence electrons. The van der Waals surface area contributed by atoms with Gasteiger partial charge in [-0.25, -0.2) is 4.99 Å². The number of nitrogens with zero attached hydrogens (tertiary/aromatic N) is 2. The molecule has 2 saturated carbocycles. The third kappa shape index (κ3) is 3.25. The molecule has 6 nitrogen and oxygen atoms in total. The van der Waals surface area contributed by atoms with E-state index in [1.54, 1.807) is 19.0 Å². The van der Waals surface area contributed by atoms with Gasteiger partial charge in [0.2, 0.25) is 5.91 Å². The SMILES string of the molecule is CN(C)C(=O)CN=C(NC1CC2CCC1C2)NC1CC2CCC1O2. The number of hydrogen-bond acceptors (Lipinski definition) is 3. The van der Waals surface area contributed by atoms with E-state index in [-0.39, 0.29) is 12.5 Å². The van der Waals surface area contributed by atoms with Crippen molar-refractivity contribution < 1.29 is 9.53 Å². The van der Waals surface area contributed by atoms with E-state index in [0.717, 1.165) is 30.6 Å². The summed E-state index contributed by atoms with van der Waals surface area (Å²) < 4.78 is 5.95. The number of rotatable bonds is 4. The van der Waals surface area contributed by atoms with E-state index in [1.807, 2.05) is 0 Å². The molecule has 4 fully saturated rings. The zero-order valence-corrected chi connectivity index (χ0v) is 14.8. The van der Waals surface area contributed by atoms with E-state index in [4.69, 9.17) is 4.74 Å². The Morgan fingerprint density at radius 3 is 2.50 bits per heavy atom. The number of nitrogens with one attached hydrogen (secondary N) is 2. The molecule has 1 amide bonds.